The van der Waals surface area contributed by atoms with Gasteiger partial charge < -0.3 is 9.47 Å². The first-order valence-corrected chi connectivity index (χ1v) is 4.89. The molecule has 1 aromatic rings. The first kappa shape index (κ1) is 11.2. The van der Waals surface area contributed by atoms with Crippen LogP contribution in [0.4, 0.5) is 0 Å². The third-order valence-electron chi connectivity index (χ3n) is 2.12. The lowest BCUT2D eigenvalue weighted by atomic mass is 10.2. The summed E-state index contributed by atoms with van der Waals surface area (Å²) in [5, 5.41) is 8.00. The average molecular weight is 234 g/mol. The Balaban J connectivity index is 2.02. The zero-order valence-corrected chi connectivity index (χ0v) is 8.83. The van der Waals surface area contributed by atoms with Gasteiger partial charge in [-0.25, -0.2) is 4.79 Å². The fourth-order valence-electron chi connectivity index (χ4n) is 1.35. The van der Waals surface area contributed by atoms with Gasteiger partial charge >= 0.3 is 5.97 Å². The van der Waals surface area contributed by atoms with Gasteiger partial charge in [-0.2, -0.15) is 5.26 Å². The van der Waals surface area contributed by atoms with Crippen LogP contribution < -0.4 is 9.47 Å². The SMILES string of the molecule is O=C(C=CC=Cc1ccc2c(c1)OCO2)OO. The molecule has 0 saturated heterocycles. The van der Waals surface area contributed by atoms with E-state index in [-0.39, 0.29) is 6.79 Å². The first-order chi connectivity index (χ1) is 8.29. The van der Waals surface area contributed by atoms with Gasteiger partial charge in [0, 0.05) is 6.08 Å². The Kier molecular flexibility index (Phi) is 3.42. The highest BCUT2D eigenvalue weighted by Crippen LogP contribution is 2.32. The van der Waals surface area contributed by atoms with Crippen LogP contribution in [-0.4, -0.2) is 18.0 Å². The van der Waals surface area contributed by atoms with E-state index in [1.807, 2.05) is 18.2 Å². The number of benzene rings is 1. The molecule has 0 amide bonds. The average Bonchev–Trinajstić information content (AvgIpc) is 2.81. The molecule has 0 radical (unpaired) electrons. The summed E-state index contributed by atoms with van der Waals surface area (Å²) < 4.78 is 10.4. The zero-order chi connectivity index (χ0) is 12.1. The van der Waals surface area contributed by atoms with E-state index in [4.69, 9.17) is 14.7 Å². The van der Waals surface area contributed by atoms with Crippen LogP contribution >= 0.6 is 0 Å². The van der Waals surface area contributed by atoms with E-state index in [1.165, 1.54) is 6.08 Å². The van der Waals surface area contributed by atoms with Gasteiger partial charge in [0.15, 0.2) is 11.5 Å². The largest absolute Gasteiger partial charge is 0.454 e. The predicted octanol–water partition coefficient (Wildman–Crippen LogP) is 2.00. The summed E-state index contributed by atoms with van der Waals surface area (Å²) in [7, 11) is 0. The fourth-order valence-corrected chi connectivity index (χ4v) is 1.35. The number of rotatable bonds is 3. The van der Waals surface area contributed by atoms with Gasteiger partial charge in [0.25, 0.3) is 0 Å². The summed E-state index contributed by atoms with van der Waals surface area (Å²) in [6, 6.07) is 5.51. The molecule has 88 valence electrons. The van der Waals surface area contributed by atoms with Crippen molar-refractivity contribution in [2.75, 3.05) is 6.79 Å². The fraction of sp³-hybridized carbons (Fsp3) is 0.0833. The lowest BCUT2D eigenvalue weighted by molar-refractivity contribution is -0.228. The molecule has 5 heteroatoms. The Hall–Kier alpha value is -2.27. The van der Waals surface area contributed by atoms with Crippen molar-refractivity contribution in [1.29, 1.82) is 0 Å². The molecule has 1 aromatic carbocycles. The van der Waals surface area contributed by atoms with Gasteiger partial charge in [-0.05, 0) is 17.7 Å². The molecule has 1 heterocycles. The number of hydrogen-bond donors (Lipinski definition) is 1. The monoisotopic (exact) mass is 234 g/mol. The molecule has 1 aliphatic heterocycles. The van der Waals surface area contributed by atoms with Crippen LogP contribution in [0.2, 0.25) is 0 Å². The molecule has 2 rings (SSSR count). The summed E-state index contributed by atoms with van der Waals surface area (Å²) in [5.74, 6) is 0.604. The maximum absolute atomic E-state index is 10.5. The highest BCUT2D eigenvalue weighted by atomic mass is 17.1. The quantitative estimate of drug-likeness (QED) is 0.375. The minimum absolute atomic E-state index is 0.241. The van der Waals surface area contributed by atoms with E-state index >= 15 is 0 Å². The molecule has 0 atom stereocenters. The molecule has 0 spiro atoms. The number of fused-ring (bicyclic) bond motifs is 1. The maximum Gasteiger partial charge on any atom is 0.365 e. The van der Waals surface area contributed by atoms with Crippen LogP contribution in [0.3, 0.4) is 0 Å². The van der Waals surface area contributed by atoms with E-state index in [1.54, 1.807) is 12.2 Å². The molecule has 0 unspecified atom stereocenters. The van der Waals surface area contributed by atoms with Crippen molar-refractivity contribution in [3.05, 3.63) is 42.0 Å². The van der Waals surface area contributed by atoms with Crippen molar-refractivity contribution in [3.8, 4) is 11.5 Å². The maximum atomic E-state index is 10.5. The topological polar surface area (TPSA) is 65.0 Å². The van der Waals surface area contributed by atoms with E-state index in [0.717, 1.165) is 17.4 Å². The van der Waals surface area contributed by atoms with Gasteiger partial charge in [0.1, 0.15) is 0 Å². The molecule has 17 heavy (non-hydrogen) atoms. The van der Waals surface area contributed by atoms with Gasteiger partial charge in [0.2, 0.25) is 6.79 Å². The minimum atomic E-state index is -0.819. The Morgan fingerprint density at radius 1 is 1.29 bits per heavy atom. The Morgan fingerprint density at radius 3 is 2.94 bits per heavy atom. The second-order valence-electron chi connectivity index (χ2n) is 3.24. The van der Waals surface area contributed by atoms with Crippen molar-refractivity contribution in [1.82, 2.24) is 0 Å². The van der Waals surface area contributed by atoms with E-state index < -0.39 is 5.97 Å². The van der Waals surface area contributed by atoms with Crippen molar-refractivity contribution in [2.24, 2.45) is 0 Å². The molecule has 1 aliphatic rings. The molecular weight excluding hydrogens is 224 g/mol. The summed E-state index contributed by atoms with van der Waals surface area (Å²) in [4.78, 5) is 14.0. The van der Waals surface area contributed by atoms with Crippen LogP contribution in [-0.2, 0) is 9.68 Å². The van der Waals surface area contributed by atoms with Crippen LogP contribution in [0.5, 0.6) is 11.5 Å². The minimum Gasteiger partial charge on any atom is -0.454 e. The van der Waals surface area contributed by atoms with Crippen molar-refractivity contribution in [3.63, 3.8) is 0 Å². The van der Waals surface area contributed by atoms with Gasteiger partial charge in [-0.3, -0.25) is 4.89 Å². The first-order valence-electron chi connectivity index (χ1n) is 4.89. The van der Waals surface area contributed by atoms with Crippen LogP contribution in [0.25, 0.3) is 6.08 Å². The number of ether oxygens (including phenoxy) is 2. The van der Waals surface area contributed by atoms with E-state index in [9.17, 15) is 4.79 Å². The third kappa shape index (κ3) is 2.85. The number of allylic oxidation sites excluding steroid dienone is 2. The summed E-state index contributed by atoms with van der Waals surface area (Å²) in [6.45, 7) is 0.241. The smallest absolute Gasteiger partial charge is 0.365 e. The summed E-state index contributed by atoms with van der Waals surface area (Å²) in [6.07, 6.45) is 5.99. The normalized spacial score (nSPS) is 13.5. The van der Waals surface area contributed by atoms with Crippen molar-refractivity contribution in [2.45, 2.75) is 0 Å². The molecular formula is C12H10O5. The molecule has 0 saturated carbocycles. The Labute approximate surface area is 97.5 Å². The molecule has 1 N–H and O–H groups in total. The van der Waals surface area contributed by atoms with Crippen molar-refractivity contribution >= 4 is 12.0 Å². The molecule has 0 aromatic heterocycles. The highest BCUT2D eigenvalue weighted by Gasteiger charge is 2.11. The highest BCUT2D eigenvalue weighted by molar-refractivity contribution is 5.81. The number of carbonyl (C=O) groups is 1. The molecule has 0 aliphatic carbocycles. The third-order valence-corrected chi connectivity index (χ3v) is 2.12. The Morgan fingerprint density at radius 2 is 2.12 bits per heavy atom. The van der Waals surface area contributed by atoms with Gasteiger partial charge in [-0.1, -0.05) is 24.3 Å². The molecule has 0 fully saturated rings. The standard InChI is InChI=1S/C12H10O5/c13-12(17-14)4-2-1-3-9-5-6-10-11(7-9)16-8-15-10/h1-7,14H,8H2. The van der Waals surface area contributed by atoms with Crippen LogP contribution in [0.1, 0.15) is 5.56 Å². The van der Waals surface area contributed by atoms with Crippen LogP contribution in [0.15, 0.2) is 36.4 Å². The van der Waals surface area contributed by atoms with Gasteiger partial charge in [-0.15, -0.1) is 0 Å². The van der Waals surface area contributed by atoms with E-state index in [2.05, 4.69) is 4.89 Å². The molecule has 0 bridgehead atoms. The lowest BCUT2D eigenvalue weighted by Gasteiger charge is -1.96. The van der Waals surface area contributed by atoms with Crippen LogP contribution in [0, 0.1) is 0 Å². The second kappa shape index (κ2) is 5.18. The lowest BCUT2D eigenvalue weighted by Crippen LogP contribution is -1.93. The zero-order valence-electron chi connectivity index (χ0n) is 8.83. The number of hydrogen-bond acceptors (Lipinski definition) is 5. The van der Waals surface area contributed by atoms with Gasteiger partial charge in [0.05, 0.1) is 0 Å². The Bertz CT molecular complexity index is 476. The predicted molar refractivity (Wildman–Crippen MR) is 59.5 cm³/mol. The molecule has 5 nitrogen and oxygen atoms in total. The summed E-state index contributed by atoms with van der Waals surface area (Å²) in [5.41, 5.74) is 0.913. The summed E-state index contributed by atoms with van der Waals surface area (Å²) >= 11 is 0. The number of carbonyl (C=O) groups excluding carboxylic acids is 1. The van der Waals surface area contributed by atoms with Crippen molar-refractivity contribution < 1.29 is 24.4 Å². The second-order valence-corrected chi connectivity index (χ2v) is 3.24. The van der Waals surface area contributed by atoms with E-state index in [0.29, 0.717) is 5.75 Å².